The molecule has 38 heavy (non-hydrogen) atoms. The second kappa shape index (κ2) is 10.5. The van der Waals surface area contributed by atoms with Crippen LogP contribution in [0.2, 0.25) is 0 Å². The van der Waals surface area contributed by atoms with Gasteiger partial charge >= 0.3 is 0 Å². The van der Waals surface area contributed by atoms with E-state index in [1.54, 1.807) is 12.3 Å². The van der Waals surface area contributed by atoms with Crippen LogP contribution in [0.25, 0.3) is 27.9 Å². The molecule has 2 aromatic carbocycles. The van der Waals surface area contributed by atoms with Crippen LogP contribution >= 0.6 is 11.3 Å². The molecule has 0 bridgehead atoms. The number of anilines is 2. The van der Waals surface area contributed by atoms with E-state index in [9.17, 15) is 17.2 Å². The van der Waals surface area contributed by atoms with Gasteiger partial charge in [-0.2, -0.15) is 0 Å². The van der Waals surface area contributed by atoms with Crippen LogP contribution in [0.5, 0.6) is 0 Å². The maximum absolute atomic E-state index is 15.9. The summed E-state index contributed by atoms with van der Waals surface area (Å²) in [6, 6.07) is 7.73. The van der Waals surface area contributed by atoms with Gasteiger partial charge in [0.15, 0.2) is 16.8 Å². The lowest BCUT2D eigenvalue weighted by Gasteiger charge is -2.26. The van der Waals surface area contributed by atoms with E-state index in [-0.39, 0.29) is 11.3 Å². The Balaban J connectivity index is 1.60. The minimum Gasteiger partial charge on any atom is -0.378 e. The largest absolute Gasteiger partial charge is 0.378 e. The number of sulfonamides is 1. The molecule has 2 aromatic heterocycles. The van der Waals surface area contributed by atoms with Gasteiger partial charge in [-0.3, -0.25) is 4.72 Å². The van der Waals surface area contributed by atoms with E-state index in [2.05, 4.69) is 16.5 Å². The molecule has 1 fully saturated rings. The third-order valence-electron chi connectivity index (χ3n) is 5.67. The van der Waals surface area contributed by atoms with Crippen molar-refractivity contribution in [2.24, 2.45) is 0 Å². The van der Waals surface area contributed by atoms with Crippen molar-refractivity contribution in [3.8, 4) is 21.8 Å². The normalized spacial score (nSPS) is 13.9. The number of nitrogens with one attached hydrogen (secondary N) is 1. The molecule has 1 N–H and O–H groups in total. The van der Waals surface area contributed by atoms with Gasteiger partial charge in [-0.1, -0.05) is 24.0 Å². The van der Waals surface area contributed by atoms with E-state index in [0.29, 0.717) is 60.0 Å². The summed E-state index contributed by atoms with van der Waals surface area (Å²) in [4.78, 5) is 14.9. The Bertz CT molecular complexity index is 1620. The fraction of sp³-hybridized carbons (Fsp3) is 0.160. The van der Waals surface area contributed by atoms with Gasteiger partial charge in [-0.05, 0) is 42.5 Å². The molecule has 0 spiro atoms. The molecule has 4 aromatic rings. The summed E-state index contributed by atoms with van der Waals surface area (Å²) < 4.78 is 76.7. The minimum absolute atomic E-state index is 0.00515. The molecule has 0 unspecified atom stereocenters. The fourth-order valence-electron chi connectivity index (χ4n) is 3.83. The zero-order chi connectivity index (χ0) is 26.9. The smallest absolute Gasteiger partial charge is 0.265 e. The lowest BCUT2D eigenvalue weighted by Crippen LogP contribution is -2.36. The number of ether oxygens (including phenoxy) is 1. The Labute approximate surface area is 220 Å². The maximum Gasteiger partial charge on any atom is 0.265 e. The lowest BCUT2D eigenvalue weighted by atomic mass is 10.1. The van der Waals surface area contributed by atoms with E-state index in [1.165, 1.54) is 35.6 Å². The van der Waals surface area contributed by atoms with Gasteiger partial charge in [0.2, 0.25) is 0 Å². The molecular formula is C25H20F3N5O3S2. The Kier molecular flexibility index (Phi) is 7.15. The van der Waals surface area contributed by atoms with E-state index < -0.39 is 38.1 Å². The molecule has 1 saturated heterocycles. The van der Waals surface area contributed by atoms with Crippen molar-refractivity contribution in [2.45, 2.75) is 4.90 Å². The predicted octanol–water partition coefficient (Wildman–Crippen LogP) is 4.96. The number of rotatable bonds is 7. The number of benzene rings is 2. The summed E-state index contributed by atoms with van der Waals surface area (Å²) in [6.07, 6.45) is 3.03. The summed E-state index contributed by atoms with van der Waals surface area (Å²) >= 11 is 1.30. The zero-order valence-electron chi connectivity index (χ0n) is 19.7. The standard InChI is InChI=1S/C25H20F3N5O3S2/c1-2-21-29-9-8-19(30-21)24-23(31-25(37-24)33-10-12-36-13-11-33)16-4-3-5-18(22(16)28)32-38(34,35)20-14-15(26)6-7-17(20)27/h2-9,14,32H,1,10-13H2. The number of morpholine rings is 1. The van der Waals surface area contributed by atoms with Crippen molar-refractivity contribution >= 4 is 38.3 Å². The van der Waals surface area contributed by atoms with Crippen molar-refractivity contribution in [1.82, 2.24) is 15.0 Å². The van der Waals surface area contributed by atoms with Crippen LogP contribution in [0, 0.1) is 17.5 Å². The highest BCUT2D eigenvalue weighted by Gasteiger charge is 2.26. The van der Waals surface area contributed by atoms with E-state index >= 15 is 4.39 Å². The third kappa shape index (κ3) is 5.12. The first-order valence-electron chi connectivity index (χ1n) is 11.3. The monoisotopic (exact) mass is 559 g/mol. The first-order valence-corrected chi connectivity index (χ1v) is 13.6. The second-order valence-electron chi connectivity index (χ2n) is 8.13. The molecule has 0 atom stereocenters. The zero-order valence-corrected chi connectivity index (χ0v) is 21.3. The molecule has 13 heteroatoms. The number of hydrogen-bond donors (Lipinski definition) is 1. The fourth-order valence-corrected chi connectivity index (χ4v) is 6.08. The number of halogens is 3. The molecule has 0 saturated carbocycles. The predicted molar refractivity (Wildman–Crippen MR) is 139 cm³/mol. The molecule has 1 aliphatic rings. The Morgan fingerprint density at radius 2 is 1.87 bits per heavy atom. The van der Waals surface area contributed by atoms with Crippen molar-refractivity contribution < 1.29 is 26.3 Å². The van der Waals surface area contributed by atoms with Crippen LogP contribution < -0.4 is 9.62 Å². The van der Waals surface area contributed by atoms with Crippen molar-refractivity contribution in [2.75, 3.05) is 35.9 Å². The number of nitrogens with zero attached hydrogens (tertiary/aromatic N) is 4. The molecule has 0 radical (unpaired) electrons. The van der Waals surface area contributed by atoms with Crippen LogP contribution in [-0.4, -0.2) is 49.7 Å². The summed E-state index contributed by atoms with van der Waals surface area (Å²) in [7, 11) is -4.65. The van der Waals surface area contributed by atoms with Gasteiger partial charge in [0.1, 0.15) is 16.5 Å². The maximum atomic E-state index is 15.9. The average Bonchev–Trinajstić information content (AvgIpc) is 3.37. The van der Waals surface area contributed by atoms with Gasteiger partial charge in [-0.15, -0.1) is 0 Å². The molecule has 1 aliphatic heterocycles. The van der Waals surface area contributed by atoms with Gasteiger partial charge in [0, 0.05) is 24.8 Å². The van der Waals surface area contributed by atoms with E-state index in [1.807, 2.05) is 9.62 Å². The summed E-state index contributed by atoms with van der Waals surface area (Å²) in [5.41, 5.74) is 0.261. The lowest BCUT2D eigenvalue weighted by molar-refractivity contribution is 0.122. The van der Waals surface area contributed by atoms with Crippen LogP contribution in [-0.2, 0) is 14.8 Å². The van der Waals surface area contributed by atoms with Crippen LogP contribution in [0.4, 0.5) is 24.0 Å². The summed E-state index contributed by atoms with van der Waals surface area (Å²) in [6.45, 7) is 5.90. The Hall–Kier alpha value is -3.81. The third-order valence-corrected chi connectivity index (χ3v) is 8.19. The van der Waals surface area contributed by atoms with Gasteiger partial charge in [0.05, 0.1) is 35.2 Å². The summed E-state index contributed by atoms with van der Waals surface area (Å²) in [5, 5.41) is 0.615. The Morgan fingerprint density at radius 3 is 2.63 bits per heavy atom. The Morgan fingerprint density at radius 1 is 1.08 bits per heavy atom. The van der Waals surface area contributed by atoms with Gasteiger partial charge in [-0.25, -0.2) is 36.5 Å². The highest BCUT2D eigenvalue weighted by molar-refractivity contribution is 7.92. The van der Waals surface area contributed by atoms with Crippen LogP contribution in [0.15, 0.2) is 60.1 Å². The molecule has 3 heterocycles. The van der Waals surface area contributed by atoms with Crippen LogP contribution in [0.3, 0.4) is 0 Å². The number of hydrogen-bond acceptors (Lipinski definition) is 8. The molecule has 0 amide bonds. The first-order chi connectivity index (χ1) is 18.3. The summed E-state index contributed by atoms with van der Waals surface area (Å²) in [5.74, 6) is -2.69. The van der Waals surface area contributed by atoms with Crippen LogP contribution in [0.1, 0.15) is 5.82 Å². The van der Waals surface area contributed by atoms with Gasteiger partial charge < -0.3 is 9.64 Å². The highest BCUT2D eigenvalue weighted by Crippen LogP contribution is 2.42. The van der Waals surface area contributed by atoms with Crippen molar-refractivity contribution in [3.63, 3.8) is 0 Å². The number of thiazole rings is 1. The average molecular weight is 560 g/mol. The molecule has 5 rings (SSSR count). The van der Waals surface area contributed by atoms with Gasteiger partial charge in [0.25, 0.3) is 10.0 Å². The van der Waals surface area contributed by atoms with E-state index in [0.717, 1.165) is 6.07 Å². The number of aromatic nitrogens is 3. The molecule has 8 nitrogen and oxygen atoms in total. The molecule has 0 aliphatic carbocycles. The molecule has 196 valence electrons. The van der Waals surface area contributed by atoms with Crippen molar-refractivity contribution in [3.05, 3.63) is 78.5 Å². The first kappa shape index (κ1) is 25.8. The molecular weight excluding hydrogens is 539 g/mol. The minimum atomic E-state index is -4.65. The van der Waals surface area contributed by atoms with Crippen molar-refractivity contribution in [1.29, 1.82) is 0 Å². The topological polar surface area (TPSA) is 97.3 Å². The van der Waals surface area contributed by atoms with E-state index in [4.69, 9.17) is 9.72 Å². The SMILES string of the molecule is C=Cc1nccc(-c2sc(N3CCOCC3)nc2-c2cccc(NS(=O)(=O)c3cc(F)ccc3F)c2F)n1. The quantitative estimate of drug-likeness (QED) is 0.342. The second-order valence-corrected chi connectivity index (χ2v) is 10.8. The highest BCUT2D eigenvalue weighted by atomic mass is 32.2.